The van der Waals surface area contributed by atoms with Gasteiger partial charge in [0.1, 0.15) is 0 Å². The Hall–Kier alpha value is -0.820. The van der Waals surface area contributed by atoms with Crippen molar-refractivity contribution in [2.24, 2.45) is 0 Å². The third-order valence-corrected chi connectivity index (χ3v) is 2.81. The maximum absolute atomic E-state index is 3.39. The summed E-state index contributed by atoms with van der Waals surface area (Å²) in [5.74, 6) is 0. The number of aryl methyl sites for hydroxylation is 1. The highest BCUT2D eigenvalue weighted by atomic mass is 14.8. The predicted octanol–water partition coefficient (Wildman–Crippen LogP) is 2.28. The standard InChI is InChI=1S/C12H17N/c1-2-13-9-11-7-3-5-10-6-4-8-12(10)11/h3,5,7,13H,2,4,6,8-9H2,1H3. The second-order valence-electron chi connectivity index (χ2n) is 3.69. The highest BCUT2D eigenvalue weighted by molar-refractivity contribution is 5.38. The van der Waals surface area contributed by atoms with Crippen LogP contribution in [0, 0.1) is 0 Å². The molecule has 0 radical (unpaired) electrons. The van der Waals surface area contributed by atoms with Crippen molar-refractivity contribution in [2.75, 3.05) is 6.54 Å². The molecule has 0 aliphatic heterocycles. The molecule has 0 atom stereocenters. The van der Waals surface area contributed by atoms with E-state index in [9.17, 15) is 0 Å². The second-order valence-corrected chi connectivity index (χ2v) is 3.69. The summed E-state index contributed by atoms with van der Waals surface area (Å²) < 4.78 is 0. The van der Waals surface area contributed by atoms with Crippen LogP contribution in [-0.4, -0.2) is 6.54 Å². The van der Waals surface area contributed by atoms with Crippen LogP contribution in [0.15, 0.2) is 18.2 Å². The van der Waals surface area contributed by atoms with E-state index in [0.717, 1.165) is 13.1 Å². The van der Waals surface area contributed by atoms with Crippen LogP contribution >= 0.6 is 0 Å². The average Bonchev–Trinajstić information content (AvgIpc) is 2.62. The lowest BCUT2D eigenvalue weighted by molar-refractivity contribution is 0.720. The van der Waals surface area contributed by atoms with Crippen molar-refractivity contribution in [1.29, 1.82) is 0 Å². The molecule has 13 heavy (non-hydrogen) atoms. The molecule has 0 unspecified atom stereocenters. The molecule has 1 aliphatic rings. The molecule has 1 N–H and O–H groups in total. The zero-order valence-electron chi connectivity index (χ0n) is 8.27. The van der Waals surface area contributed by atoms with Crippen LogP contribution in [0.5, 0.6) is 0 Å². The van der Waals surface area contributed by atoms with E-state index in [4.69, 9.17) is 0 Å². The fourth-order valence-corrected chi connectivity index (χ4v) is 2.12. The highest BCUT2D eigenvalue weighted by Crippen LogP contribution is 2.24. The minimum atomic E-state index is 1.04. The first-order valence-electron chi connectivity index (χ1n) is 5.22. The smallest absolute Gasteiger partial charge is 0.0208 e. The molecule has 2 rings (SSSR count). The van der Waals surface area contributed by atoms with Gasteiger partial charge in [-0.3, -0.25) is 0 Å². The van der Waals surface area contributed by atoms with Crippen LogP contribution in [0.4, 0.5) is 0 Å². The van der Waals surface area contributed by atoms with Gasteiger partial charge in [0.15, 0.2) is 0 Å². The minimum absolute atomic E-state index is 1.04. The van der Waals surface area contributed by atoms with Gasteiger partial charge in [0.25, 0.3) is 0 Å². The van der Waals surface area contributed by atoms with Crippen LogP contribution in [0.25, 0.3) is 0 Å². The van der Waals surface area contributed by atoms with Gasteiger partial charge in [0.2, 0.25) is 0 Å². The molecule has 0 amide bonds. The molecular formula is C12H17N. The molecule has 0 fully saturated rings. The van der Waals surface area contributed by atoms with Crippen molar-refractivity contribution in [1.82, 2.24) is 5.32 Å². The van der Waals surface area contributed by atoms with Gasteiger partial charge in [-0.05, 0) is 42.5 Å². The number of nitrogens with one attached hydrogen (secondary N) is 1. The largest absolute Gasteiger partial charge is 0.313 e. The maximum atomic E-state index is 3.39. The second kappa shape index (κ2) is 3.93. The molecule has 0 heterocycles. The van der Waals surface area contributed by atoms with Crippen molar-refractivity contribution in [3.05, 3.63) is 34.9 Å². The molecular weight excluding hydrogens is 158 g/mol. The Morgan fingerprint density at radius 3 is 3.08 bits per heavy atom. The average molecular weight is 175 g/mol. The van der Waals surface area contributed by atoms with Crippen LogP contribution in [-0.2, 0) is 19.4 Å². The molecule has 1 aliphatic carbocycles. The molecule has 0 bridgehead atoms. The molecule has 70 valence electrons. The number of fused-ring (bicyclic) bond motifs is 1. The first-order valence-corrected chi connectivity index (χ1v) is 5.22. The number of hydrogen-bond donors (Lipinski definition) is 1. The van der Waals surface area contributed by atoms with Crippen LogP contribution in [0.2, 0.25) is 0 Å². The van der Waals surface area contributed by atoms with Crippen LogP contribution < -0.4 is 5.32 Å². The zero-order valence-corrected chi connectivity index (χ0v) is 8.27. The Balaban J connectivity index is 2.20. The lowest BCUT2D eigenvalue weighted by Crippen LogP contribution is -2.13. The first kappa shape index (κ1) is 8.76. The summed E-state index contributed by atoms with van der Waals surface area (Å²) >= 11 is 0. The molecule has 1 nitrogen and oxygen atoms in total. The number of benzene rings is 1. The predicted molar refractivity (Wildman–Crippen MR) is 55.8 cm³/mol. The van der Waals surface area contributed by atoms with Gasteiger partial charge >= 0.3 is 0 Å². The Morgan fingerprint density at radius 2 is 2.23 bits per heavy atom. The van der Waals surface area contributed by atoms with Crippen molar-refractivity contribution in [2.45, 2.75) is 32.7 Å². The summed E-state index contributed by atoms with van der Waals surface area (Å²) in [5.41, 5.74) is 4.70. The van der Waals surface area contributed by atoms with Crippen LogP contribution in [0.3, 0.4) is 0 Å². The van der Waals surface area contributed by atoms with E-state index in [-0.39, 0.29) is 0 Å². The van der Waals surface area contributed by atoms with Crippen molar-refractivity contribution in [3.8, 4) is 0 Å². The van der Waals surface area contributed by atoms with E-state index in [1.54, 1.807) is 11.1 Å². The van der Waals surface area contributed by atoms with Gasteiger partial charge < -0.3 is 5.32 Å². The molecule has 0 saturated carbocycles. The fraction of sp³-hybridized carbons (Fsp3) is 0.500. The maximum Gasteiger partial charge on any atom is 0.0208 e. The normalized spacial score (nSPS) is 14.5. The lowest BCUT2D eigenvalue weighted by Gasteiger charge is -2.08. The van der Waals surface area contributed by atoms with Gasteiger partial charge in [-0.15, -0.1) is 0 Å². The number of rotatable bonds is 3. The molecule has 1 heteroatoms. The Labute approximate surface area is 80.2 Å². The third-order valence-electron chi connectivity index (χ3n) is 2.81. The molecule has 1 aromatic carbocycles. The van der Waals surface area contributed by atoms with E-state index in [1.807, 2.05) is 0 Å². The molecule has 1 aromatic rings. The quantitative estimate of drug-likeness (QED) is 0.743. The van der Waals surface area contributed by atoms with Crippen molar-refractivity contribution in [3.63, 3.8) is 0 Å². The Kier molecular flexibility index (Phi) is 2.65. The summed E-state index contributed by atoms with van der Waals surface area (Å²) in [6.07, 6.45) is 3.92. The fourth-order valence-electron chi connectivity index (χ4n) is 2.12. The van der Waals surface area contributed by atoms with Gasteiger partial charge in [0, 0.05) is 6.54 Å². The Morgan fingerprint density at radius 1 is 1.31 bits per heavy atom. The summed E-state index contributed by atoms with van der Waals surface area (Å²) in [6.45, 7) is 4.26. The first-order chi connectivity index (χ1) is 6.42. The third kappa shape index (κ3) is 1.75. The SMILES string of the molecule is CCNCc1cccc2c1CCC2. The molecule has 0 aromatic heterocycles. The molecule has 0 saturated heterocycles. The summed E-state index contributed by atoms with van der Waals surface area (Å²) in [5, 5.41) is 3.39. The van der Waals surface area contributed by atoms with E-state index in [1.165, 1.54) is 24.8 Å². The minimum Gasteiger partial charge on any atom is -0.313 e. The van der Waals surface area contributed by atoms with E-state index < -0.39 is 0 Å². The monoisotopic (exact) mass is 175 g/mol. The van der Waals surface area contributed by atoms with E-state index in [2.05, 4.69) is 30.4 Å². The van der Waals surface area contributed by atoms with Gasteiger partial charge in [-0.25, -0.2) is 0 Å². The van der Waals surface area contributed by atoms with E-state index in [0.29, 0.717) is 0 Å². The van der Waals surface area contributed by atoms with Gasteiger partial charge in [0.05, 0.1) is 0 Å². The number of hydrogen-bond acceptors (Lipinski definition) is 1. The van der Waals surface area contributed by atoms with Crippen molar-refractivity contribution < 1.29 is 0 Å². The summed E-state index contributed by atoms with van der Waals surface area (Å²) in [4.78, 5) is 0. The van der Waals surface area contributed by atoms with Gasteiger partial charge in [-0.2, -0.15) is 0 Å². The molecule has 0 spiro atoms. The highest BCUT2D eigenvalue weighted by Gasteiger charge is 2.13. The Bertz CT molecular complexity index is 291. The lowest BCUT2D eigenvalue weighted by atomic mass is 10.0. The summed E-state index contributed by atoms with van der Waals surface area (Å²) in [6, 6.07) is 6.72. The zero-order chi connectivity index (χ0) is 9.10. The summed E-state index contributed by atoms with van der Waals surface area (Å²) in [7, 11) is 0. The topological polar surface area (TPSA) is 12.0 Å². The van der Waals surface area contributed by atoms with Crippen molar-refractivity contribution >= 4 is 0 Å². The van der Waals surface area contributed by atoms with E-state index >= 15 is 0 Å². The van der Waals surface area contributed by atoms with Crippen LogP contribution in [0.1, 0.15) is 30.0 Å². The van der Waals surface area contributed by atoms with Gasteiger partial charge in [-0.1, -0.05) is 25.1 Å².